The summed E-state index contributed by atoms with van der Waals surface area (Å²) in [6, 6.07) is 8.62. The minimum absolute atomic E-state index is 1.05. The Balaban J connectivity index is 2.52. The second kappa shape index (κ2) is 5.18. The van der Waals surface area contributed by atoms with Gasteiger partial charge in [0.2, 0.25) is 0 Å². The van der Waals surface area contributed by atoms with Crippen molar-refractivity contribution in [1.29, 1.82) is 0 Å². The van der Waals surface area contributed by atoms with Gasteiger partial charge < -0.3 is 0 Å². The van der Waals surface area contributed by atoms with E-state index in [1.54, 1.807) is 0 Å². The van der Waals surface area contributed by atoms with Crippen molar-refractivity contribution >= 4 is 6.08 Å². The van der Waals surface area contributed by atoms with Crippen LogP contribution in [0, 0.1) is 20.8 Å². The standard InChI is InChI=1S/C17H19N/c1-5-7-17-13(3)10-15(11-18-17)16-9-6-8-12(2)14(16)4/h5-11H,1-4H3/b7-5-. The van der Waals surface area contributed by atoms with E-state index in [9.17, 15) is 0 Å². The van der Waals surface area contributed by atoms with Crippen LogP contribution in [-0.4, -0.2) is 4.98 Å². The van der Waals surface area contributed by atoms with E-state index in [1.807, 2.05) is 25.3 Å². The maximum absolute atomic E-state index is 4.53. The molecule has 0 atom stereocenters. The molecule has 92 valence electrons. The van der Waals surface area contributed by atoms with Gasteiger partial charge in [0.1, 0.15) is 0 Å². The molecule has 0 radical (unpaired) electrons. The van der Waals surface area contributed by atoms with Crippen LogP contribution in [-0.2, 0) is 0 Å². The average molecular weight is 237 g/mol. The molecular formula is C17H19N. The van der Waals surface area contributed by atoms with E-state index < -0.39 is 0 Å². The van der Waals surface area contributed by atoms with E-state index in [2.05, 4.69) is 50.0 Å². The summed E-state index contributed by atoms with van der Waals surface area (Å²) in [5.74, 6) is 0. The number of aryl methyl sites for hydroxylation is 2. The van der Waals surface area contributed by atoms with Crippen LogP contribution in [0.5, 0.6) is 0 Å². The van der Waals surface area contributed by atoms with E-state index in [0.29, 0.717) is 0 Å². The summed E-state index contributed by atoms with van der Waals surface area (Å²) in [5, 5.41) is 0. The van der Waals surface area contributed by atoms with Crippen molar-refractivity contribution in [3.63, 3.8) is 0 Å². The molecule has 1 heteroatoms. The van der Waals surface area contributed by atoms with Gasteiger partial charge in [-0.25, -0.2) is 0 Å². The number of hydrogen-bond acceptors (Lipinski definition) is 1. The summed E-state index contributed by atoms with van der Waals surface area (Å²) in [4.78, 5) is 4.53. The Bertz CT molecular complexity index is 595. The lowest BCUT2D eigenvalue weighted by atomic mass is 9.97. The molecule has 0 spiro atoms. The van der Waals surface area contributed by atoms with Crippen LogP contribution in [0.2, 0.25) is 0 Å². The molecule has 0 saturated carbocycles. The number of aromatic nitrogens is 1. The first-order valence-electron chi connectivity index (χ1n) is 6.29. The van der Waals surface area contributed by atoms with Crippen molar-refractivity contribution in [2.24, 2.45) is 0 Å². The van der Waals surface area contributed by atoms with Crippen molar-refractivity contribution in [2.75, 3.05) is 0 Å². The summed E-state index contributed by atoms with van der Waals surface area (Å²) in [5.41, 5.74) is 7.39. The Morgan fingerprint density at radius 2 is 1.83 bits per heavy atom. The largest absolute Gasteiger partial charge is 0.256 e. The molecule has 1 heterocycles. The first-order valence-corrected chi connectivity index (χ1v) is 6.29. The lowest BCUT2D eigenvalue weighted by molar-refractivity contribution is 1.23. The number of hydrogen-bond donors (Lipinski definition) is 0. The molecule has 0 fully saturated rings. The van der Waals surface area contributed by atoms with Gasteiger partial charge in [0, 0.05) is 11.8 Å². The fraction of sp³-hybridized carbons (Fsp3) is 0.235. The zero-order valence-electron chi connectivity index (χ0n) is 11.5. The summed E-state index contributed by atoms with van der Waals surface area (Å²) in [6.07, 6.45) is 6.03. The molecular weight excluding hydrogens is 218 g/mol. The zero-order chi connectivity index (χ0) is 13.1. The van der Waals surface area contributed by atoms with Crippen molar-refractivity contribution in [3.05, 3.63) is 58.9 Å². The molecule has 1 aromatic heterocycles. The van der Waals surface area contributed by atoms with Crippen LogP contribution < -0.4 is 0 Å². The lowest BCUT2D eigenvalue weighted by Gasteiger charge is -2.10. The molecule has 0 unspecified atom stereocenters. The molecule has 0 amide bonds. The molecule has 0 aliphatic rings. The van der Waals surface area contributed by atoms with Gasteiger partial charge in [-0.15, -0.1) is 0 Å². The molecule has 0 bridgehead atoms. The number of benzene rings is 1. The minimum atomic E-state index is 1.05. The molecule has 0 aliphatic heterocycles. The van der Waals surface area contributed by atoms with E-state index >= 15 is 0 Å². The minimum Gasteiger partial charge on any atom is -0.256 e. The van der Waals surface area contributed by atoms with Gasteiger partial charge in [-0.1, -0.05) is 24.3 Å². The van der Waals surface area contributed by atoms with Crippen LogP contribution in [0.4, 0.5) is 0 Å². The van der Waals surface area contributed by atoms with Gasteiger partial charge in [0.05, 0.1) is 5.69 Å². The highest BCUT2D eigenvalue weighted by atomic mass is 14.7. The van der Waals surface area contributed by atoms with E-state index in [-0.39, 0.29) is 0 Å². The van der Waals surface area contributed by atoms with Crippen molar-refractivity contribution < 1.29 is 0 Å². The van der Waals surface area contributed by atoms with Gasteiger partial charge in [0.15, 0.2) is 0 Å². The van der Waals surface area contributed by atoms with E-state index in [0.717, 1.165) is 5.69 Å². The van der Waals surface area contributed by atoms with Crippen molar-refractivity contribution in [1.82, 2.24) is 4.98 Å². The first kappa shape index (κ1) is 12.6. The maximum Gasteiger partial charge on any atom is 0.0655 e. The summed E-state index contributed by atoms with van der Waals surface area (Å²) < 4.78 is 0. The quantitative estimate of drug-likeness (QED) is 0.737. The van der Waals surface area contributed by atoms with Gasteiger partial charge in [-0.3, -0.25) is 4.98 Å². The highest BCUT2D eigenvalue weighted by Crippen LogP contribution is 2.26. The normalized spacial score (nSPS) is 11.1. The Kier molecular flexibility index (Phi) is 3.61. The van der Waals surface area contributed by atoms with Gasteiger partial charge >= 0.3 is 0 Å². The third-order valence-electron chi connectivity index (χ3n) is 3.36. The van der Waals surface area contributed by atoms with Crippen LogP contribution in [0.1, 0.15) is 29.3 Å². The Morgan fingerprint density at radius 3 is 2.50 bits per heavy atom. The molecule has 2 aromatic rings. The molecule has 2 rings (SSSR count). The van der Waals surface area contributed by atoms with Crippen molar-refractivity contribution in [2.45, 2.75) is 27.7 Å². The zero-order valence-corrected chi connectivity index (χ0v) is 11.5. The molecule has 18 heavy (non-hydrogen) atoms. The average Bonchev–Trinajstić information content (AvgIpc) is 2.35. The lowest BCUT2D eigenvalue weighted by Crippen LogP contribution is -1.91. The highest BCUT2D eigenvalue weighted by molar-refractivity contribution is 5.69. The third kappa shape index (κ3) is 2.35. The third-order valence-corrected chi connectivity index (χ3v) is 3.36. The smallest absolute Gasteiger partial charge is 0.0655 e. The Morgan fingerprint density at radius 1 is 1.06 bits per heavy atom. The maximum atomic E-state index is 4.53. The SMILES string of the molecule is C/C=C\c1ncc(-c2cccc(C)c2C)cc1C. The van der Waals surface area contributed by atoms with Crippen LogP contribution >= 0.6 is 0 Å². The number of pyridine rings is 1. The first-order chi connectivity index (χ1) is 8.63. The monoisotopic (exact) mass is 237 g/mol. The van der Waals surface area contributed by atoms with Crippen LogP contribution in [0.15, 0.2) is 36.5 Å². The van der Waals surface area contributed by atoms with Gasteiger partial charge in [-0.05, 0) is 62.1 Å². The van der Waals surface area contributed by atoms with Crippen LogP contribution in [0.25, 0.3) is 17.2 Å². The predicted molar refractivity (Wildman–Crippen MR) is 78.6 cm³/mol. The second-order valence-corrected chi connectivity index (χ2v) is 4.67. The Hall–Kier alpha value is -1.89. The molecule has 0 saturated heterocycles. The predicted octanol–water partition coefficient (Wildman–Crippen LogP) is 4.71. The molecule has 0 N–H and O–H groups in total. The molecule has 0 aliphatic carbocycles. The topological polar surface area (TPSA) is 12.9 Å². The summed E-state index contributed by atoms with van der Waals surface area (Å²) >= 11 is 0. The second-order valence-electron chi connectivity index (χ2n) is 4.67. The fourth-order valence-electron chi connectivity index (χ4n) is 2.13. The van der Waals surface area contributed by atoms with E-state index in [4.69, 9.17) is 0 Å². The van der Waals surface area contributed by atoms with Crippen molar-refractivity contribution in [3.8, 4) is 11.1 Å². The number of allylic oxidation sites excluding steroid dienone is 1. The summed E-state index contributed by atoms with van der Waals surface area (Å²) in [6.45, 7) is 8.43. The van der Waals surface area contributed by atoms with Crippen LogP contribution in [0.3, 0.4) is 0 Å². The van der Waals surface area contributed by atoms with Gasteiger partial charge in [-0.2, -0.15) is 0 Å². The van der Waals surface area contributed by atoms with E-state index in [1.165, 1.54) is 27.8 Å². The van der Waals surface area contributed by atoms with Gasteiger partial charge in [0.25, 0.3) is 0 Å². The highest BCUT2D eigenvalue weighted by Gasteiger charge is 2.05. The number of rotatable bonds is 2. The molecule has 1 nitrogen and oxygen atoms in total. The Labute approximate surface area is 109 Å². The summed E-state index contributed by atoms with van der Waals surface area (Å²) in [7, 11) is 0. The fourth-order valence-corrected chi connectivity index (χ4v) is 2.13. The molecule has 1 aromatic carbocycles. The number of nitrogens with zero attached hydrogens (tertiary/aromatic N) is 1.